The Morgan fingerprint density at radius 1 is 0.647 bits per heavy atom. The maximum absolute atomic E-state index is 12.5. The van der Waals surface area contributed by atoms with E-state index in [4.69, 9.17) is 17.8 Å². The molecule has 2 aromatic rings. The summed E-state index contributed by atoms with van der Waals surface area (Å²) in [6.07, 6.45) is -2.95. The van der Waals surface area contributed by atoms with Gasteiger partial charge in [-0.2, -0.15) is 16.8 Å². The molecule has 2 aromatic carbocycles. The molecule has 10 nitrogen and oxygen atoms in total. The fourth-order valence-electron chi connectivity index (χ4n) is 2.72. The van der Waals surface area contributed by atoms with Gasteiger partial charge in [0, 0.05) is 13.8 Å². The van der Waals surface area contributed by atoms with Crippen LogP contribution in [0.25, 0.3) is 0 Å². The van der Waals surface area contributed by atoms with E-state index in [-0.39, 0.29) is 9.79 Å². The summed E-state index contributed by atoms with van der Waals surface area (Å²) in [7, 11) is -8.50. The molecule has 0 amide bonds. The Kier molecular flexibility index (Phi) is 9.33. The average Bonchev–Trinajstić information content (AvgIpc) is 2.74. The van der Waals surface area contributed by atoms with Crippen molar-refractivity contribution in [2.24, 2.45) is 0 Å². The Balaban J connectivity index is 2.22. The van der Waals surface area contributed by atoms with Crippen molar-refractivity contribution in [1.29, 1.82) is 0 Å². The Bertz CT molecular complexity index is 1100. The molecular weight excluding hydrogens is 488 g/mol. The van der Waals surface area contributed by atoms with Crippen molar-refractivity contribution in [3.8, 4) is 0 Å². The Hall–Kier alpha value is -2.80. The van der Waals surface area contributed by atoms with Gasteiger partial charge in [-0.25, -0.2) is 0 Å². The van der Waals surface area contributed by atoms with Gasteiger partial charge in [0.25, 0.3) is 20.2 Å². The average molecular weight is 515 g/mol. The first-order valence-corrected chi connectivity index (χ1v) is 12.9. The van der Waals surface area contributed by atoms with Crippen molar-refractivity contribution in [2.45, 2.75) is 49.7 Å². The highest BCUT2D eigenvalue weighted by Crippen LogP contribution is 2.18. The highest BCUT2D eigenvalue weighted by atomic mass is 32.2. The third kappa shape index (κ3) is 8.20. The molecule has 0 aromatic heterocycles. The van der Waals surface area contributed by atoms with E-state index >= 15 is 0 Å². The number of carbonyl (C=O) groups excluding carboxylic acids is 2. The van der Waals surface area contributed by atoms with E-state index in [1.54, 1.807) is 38.1 Å². The number of esters is 2. The lowest BCUT2D eigenvalue weighted by Crippen LogP contribution is -2.42. The lowest BCUT2D eigenvalue weighted by atomic mass is 10.2. The van der Waals surface area contributed by atoms with Crippen LogP contribution in [-0.2, 0) is 47.7 Å². The van der Waals surface area contributed by atoms with Crippen LogP contribution in [-0.4, -0.2) is 54.2 Å². The Morgan fingerprint density at radius 3 is 1.21 bits per heavy atom. The van der Waals surface area contributed by atoms with Crippen LogP contribution in [0.1, 0.15) is 25.0 Å². The third-order valence-corrected chi connectivity index (χ3v) is 7.04. The monoisotopic (exact) mass is 514 g/mol. The number of ether oxygens (including phenoxy) is 2. The smallest absolute Gasteiger partial charge is 0.303 e. The lowest BCUT2D eigenvalue weighted by Gasteiger charge is -2.25. The van der Waals surface area contributed by atoms with E-state index in [0.717, 1.165) is 25.0 Å². The summed E-state index contributed by atoms with van der Waals surface area (Å²) in [4.78, 5) is 22.9. The van der Waals surface area contributed by atoms with Gasteiger partial charge in [0.2, 0.25) is 0 Å². The molecule has 0 aliphatic carbocycles. The van der Waals surface area contributed by atoms with E-state index in [2.05, 4.69) is 0 Å². The van der Waals surface area contributed by atoms with Crippen molar-refractivity contribution in [3.05, 3.63) is 59.7 Å². The van der Waals surface area contributed by atoms with Crippen molar-refractivity contribution in [1.82, 2.24) is 0 Å². The molecule has 0 aliphatic rings. The SMILES string of the molecule is CC(=O)O[C@H](COS(=O)(=O)c1ccc(C)cc1)[C@@H](COS(=O)(=O)c1ccc(C)cc1)OC(C)=O. The van der Waals surface area contributed by atoms with Crippen molar-refractivity contribution in [2.75, 3.05) is 13.2 Å². The number of rotatable bonds is 11. The second-order valence-electron chi connectivity index (χ2n) is 7.40. The van der Waals surface area contributed by atoms with E-state index in [0.29, 0.717) is 0 Å². The van der Waals surface area contributed by atoms with Gasteiger partial charge in [-0.15, -0.1) is 0 Å². The number of hydrogen-bond acceptors (Lipinski definition) is 10. The molecule has 0 aliphatic heterocycles. The molecule has 0 radical (unpaired) electrons. The normalized spacial score (nSPS) is 13.6. The van der Waals surface area contributed by atoms with Crippen LogP contribution in [0.3, 0.4) is 0 Å². The fraction of sp³-hybridized carbons (Fsp3) is 0.364. The van der Waals surface area contributed by atoms with Gasteiger partial charge in [-0.05, 0) is 38.1 Å². The Morgan fingerprint density at radius 2 is 0.941 bits per heavy atom. The van der Waals surface area contributed by atoms with Crippen LogP contribution in [0.15, 0.2) is 58.3 Å². The molecule has 0 heterocycles. The molecular formula is C22H26O10S2. The number of carbonyl (C=O) groups is 2. The van der Waals surface area contributed by atoms with Crippen molar-refractivity contribution >= 4 is 32.2 Å². The maximum atomic E-state index is 12.5. The van der Waals surface area contributed by atoms with Crippen LogP contribution in [0.5, 0.6) is 0 Å². The van der Waals surface area contributed by atoms with Crippen LogP contribution in [0.2, 0.25) is 0 Å². The van der Waals surface area contributed by atoms with E-state index in [9.17, 15) is 26.4 Å². The second kappa shape index (κ2) is 11.6. The molecule has 0 N–H and O–H groups in total. The molecule has 0 bridgehead atoms. The summed E-state index contributed by atoms with van der Waals surface area (Å²) < 4.78 is 70.2. The number of hydrogen-bond donors (Lipinski definition) is 0. The lowest BCUT2D eigenvalue weighted by molar-refractivity contribution is -0.169. The highest BCUT2D eigenvalue weighted by molar-refractivity contribution is 7.87. The summed E-state index contributed by atoms with van der Waals surface area (Å²) >= 11 is 0. The quantitative estimate of drug-likeness (QED) is 0.324. The number of benzene rings is 2. The summed E-state index contributed by atoms with van der Waals surface area (Å²) in [5.74, 6) is -1.67. The van der Waals surface area contributed by atoms with Gasteiger partial charge >= 0.3 is 11.9 Å². The fourth-order valence-corrected chi connectivity index (χ4v) is 4.56. The molecule has 34 heavy (non-hydrogen) atoms. The zero-order valence-corrected chi connectivity index (χ0v) is 20.7. The topological polar surface area (TPSA) is 139 Å². The van der Waals surface area contributed by atoms with Crippen LogP contribution in [0, 0.1) is 13.8 Å². The van der Waals surface area contributed by atoms with Crippen LogP contribution in [0.4, 0.5) is 0 Å². The maximum Gasteiger partial charge on any atom is 0.303 e. The minimum absolute atomic E-state index is 0.137. The van der Waals surface area contributed by atoms with Gasteiger partial charge in [-0.1, -0.05) is 35.4 Å². The minimum atomic E-state index is -4.25. The zero-order chi connectivity index (χ0) is 25.5. The van der Waals surface area contributed by atoms with Crippen molar-refractivity contribution in [3.63, 3.8) is 0 Å². The zero-order valence-electron chi connectivity index (χ0n) is 19.1. The molecule has 12 heteroatoms. The molecule has 0 fully saturated rings. The van der Waals surface area contributed by atoms with E-state index in [1.165, 1.54) is 24.3 Å². The van der Waals surface area contributed by atoms with E-state index < -0.39 is 57.6 Å². The minimum Gasteiger partial charge on any atom is -0.456 e. The standard InChI is InChI=1S/C22H26O10S2/c1-15-5-9-19(10-6-15)33(25,26)29-13-21(31-17(3)23)22(32-18(4)24)14-30-34(27,28)20-11-7-16(2)8-12-20/h5-12,21-22H,13-14H2,1-4H3/t21-,22-/m1/s1. The van der Waals surface area contributed by atoms with Crippen LogP contribution >= 0.6 is 0 Å². The molecule has 0 saturated carbocycles. The largest absolute Gasteiger partial charge is 0.456 e. The molecule has 0 spiro atoms. The van der Waals surface area contributed by atoms with E-state index in [1.807, 2.05) is 0 Å². The predicted octanol–water partition coefficient (Wildman–Crippen LogP) is 2.28. The molecule has 0 saturated heterocycles. The first-order valence-electron chi connectivity index (χ1n) is 10.1. The van der Waals surface area contributed by atoms with Gasteiger partial charge in [0.05, 0.1) is 9.79 Å². The summed E-state index contributed by atoms with van der Waals surface area (Å²) in [5, 5.41) is 0. The summed E-state index contributed by atoms with van der Waals surface area (Å²) in [6.45, 7) is 4.17. The molecule has 0 unspecified atom stereocenters. The number of aryl methyl sites for hydroxylation is 2. The van der Waals surface area contributed by atoms with Gasteiger partial charge in [0.1, 0.15) is 13.2 Å². The second-order valence-corrected chi connectivity index (χ2v) is 10.6. The molecule has 186 valence electrons. The predicted molar refractivity (Wildman–Crippen MR) is 120 cm³/mol. The van der Waals surface area contributed by atoms with Gasteiger partial charge < -0.3 is 9.47 Å². The van der Waals surface area contributed by atoms with Crippen LogP contribution < -0.4 is 0 Å². The first kappa shape index (κ1) is 27.4. The molecule has 2 rings (SSSR count). The molecule has 2 atom stereocenters. The van der Waals surface area contributed by atoms with Gasteiger partial charge in [0.15, 0.2) is 12.2 Å². The van der Waals surface area contributed by atoms with Crippen molar-refractivity contribution < 1.29 is 44.3 Å². The summed E-state index contributed by atoms with van der Waals surface area (Å²) in [6, 6.07) is 11.7. The highest BCUT2D eigenvalue weighted by Gasteiger charge is 2.32. The van der Waals surface area contributed by atoms with Gasteiger partial charge in [-0.3, -0.25) is 18.0 Å². The summed E-state index contributed by atoms with van der Waals surface area (Å²) in [5.41, 5.74) is 1.66. The Labute approximate surface area is 199 Å². The third-order valence-electron chi connectivity index (χ3n) is 4.44. The first-order chi connectivity index (χ1) is 15.8.